The van der Waals surface area contributed by atoms with Gasteiger partial charge in [0.1, 0.15) is 0 Å². The number of rotatable bonds is 3. The SMILES string of the molecule is Nc1cccc(CCN2C=CNS2(=O)=O)c1. The van der Waals surface area contributed by atoms with Crippen molar-refractivity contribution in [3.05, 3.63) is 42.2 Å². The molecule has 3 N–H and O–H groups in total. The minimum Gasteiger partial charge on any atom is -0.399 e. The molecule has 0 saturated heterocycles. The quantitative estimate of drug-likeness (QED) is 0.751. The van der Waals surface area contributed by atoms with Crippen molar-refractivity contribution in [3.8, 4) is 0 Å². The Kier molecular flexibility index (Phi) is 2.74. The van der Waals surface area contributed by atoms with E-state index in [0.29, 0.717) is 18.7 Å². The lowest BCUT2D eigenvalue weighted by Gasteiger charge is -2.14. The average Bonchev–Trinajstić information content (AvgIpc) is 2.55. The van der Waals surface area contributed by atoms with Crippen molar-refractivity contribution in [1.82, 2.24) is 9.03 Å². The van der Waals surface area contributed by atoms with Crippen LogP contribution in [0.3, 0.4) is 0 Å². The van der Waals surface area contributed by atoms with Gasteiger partial charge in [0.15, 0.2) is 0 Å². The van der Waals surface area contributed by atoms with Crippen LogP contribution in [0.1, 0.15) is 5.56 Å². The summed E-state index contributed by atoms with van der Waals surface area (Å²) in [4.78, 5) is 0. The molecule has 1 aromatic rings. The molecule has 1 aromatic carbocycles. The molecule has 0 fully saturated rings. The highest BCUT2D eigenvalue weighted by molar-refractivity contribution is 7.87. The fourth-order valence-corrected chi connectivity index (χ4v) is 2.45. The van der Waals surface area contributed by atoms with Gasteiger partial charge in [-0.3, -0.25) is 9.03 Å². The van der Waals surface area contributed by atoms with Crippen molar-refractivity contribution in [2.24, 2.45) is 0 Å². The summed E-state index contributed by atoms with van der Waals surface area (Å²) in [6.45, 7) is 0.412. The maximum absolute atomic E-state index is 11.4. The summed E-state index contributed by atoms with van der Waals surface area (Å²) < 4.78 is 26.3. The fourth-order valence-electron chi connectivity index (χ4n) is 1.53. The molecule has 0 unspecified atom stereocenters. The molecule has 6 heteroatoms. The zero-order chi connectivity index (χ0) is 11.6. The van der Waals surface area contributed by atoms with Gasteiger partial charge in [-0.15, -0.1) is 0 Å². The molecule has 0 atom stereocenters. The topological polar surface area (TPSA) is 75.4 Å². The molecule has 86 valence electrons. The maximum atomic E-state index is 11.4. The number of hydrogen-bond acceptors (Lipinski definition) is 3. The monoisotopic (exact) mass is 239 g/mol. The van der Waals surface area contributed by atoms with Gasteiger partial charge >= 0.3 is 10.2 Å². The van der Waals surface area contributed by atoms with Crippen molar-refractivity contribution in [2.45, 2.75) is 6.42 Å². The number of nitrogens with two attached hydrogens (primary N) is 1. The van der Waals surface area contributed by atoms with Crippen LogP contribution in [-0.4, -0.2) is 19.3 Å². The fraction of sp³-hybridized carbons (Fsp3) is 0.200. The van der Waals surface area contributed by atoms with Crippen LogP contribution < -0.4 is 10.5 Å². The number of anilines is 1. The molecule has 2 rings (SSSR count). The van der Waals surface area contributed by atoms with Gasteiger partial charge in [0.2, 0.25) is 0 Å². The summed E-state index contributed by atoms with van der Waals surface area (Å²) in [7, 11) is -3.33. The van der Waals surface area contributed by atoms with E-state index in [1.54, 1.807) is 6.07 Å². The Balaban J connectivity index is 2.00. The lowest BCUT2D eigenvalue weighted by molar-refractivity contribution is 0.506. The third-order valence-corrected chi connectivity index (χ3v) is 3.69. The Bertz CT molecular complexity index is 511. The summed E-state index contributed by atoms with van der Waals surface area (Å²) in [5, 5.41) is 0. The molecular weight excluding hydrogens is 226 g/mol. The molecule has 0 saturated carbocycles. The van der Waals surface area contributed by atoms with Gasteiger partial charge in [0, 0.05) is 24.6 Å². The highest BCUT2D eigenvalue weighted by Gasteiger charge is 2.20. The van der Waals surface area contributed by atoms with E-state index in [9.17, 15) is 8.42 Å². The predicted octanol–water partition coefficient (Wildman–Crippen LogP) is 0.432. The highest BCUT2D eigenvalue weighted by atomic mass is 32.2. The second-order valence-electron chi connectivity index (χ2n) is 3.54. The summed E-state index contributed by atoms with van der Waals surface area (Å²) in [5.74, 6) is 0. The summed E-state index contributed by atoms with van der Waals surface area (Å²) in [5.41, 5.74) is 7.35. The van der Waals surface area contributed by atoms with E-state index in [1.165, 1.54) is 16.7 Å². The molecule has 0 aromatic heterocycles. The maximum Gasteiger partial charge on any atom is 0.323 e. The Morgan fingerprint density at radius 1 is 1.38 bits per heavy atom. The van der Waals surface area contributed by atoms with E-state index in [4.69, 9.17) is 5.73 Å². The molecule has 0 amide bonds. The lowest BCUT2D eigenvalue weighted by atomic mass is 10.1. The molecule has 1 heterocycles. The molecule has 1 aliphatic rings. The first-order valence-corrected chi connectivity index (χ1v) is 6.32. The molecule has 5 nitrogen and oxygen atoms in total. The summed E-state index contributed by atoms with van der Waals surface area (Å²) in [6, 6.07) is 7.44. The van der Waals surface area contributed by atoms with Crippen LogP contribution in [0, 0.1) is 0 Å². The Morgan fingerprint density at radius 2 is 2.19 bits per heavy atom. The normalized spacial score (nSPS) is 17.4. The zero-order valence-electron chi connectivity index (χ0n) is 8.63. The van der Waals surface area contributed by atoms with Crippen LogP contribution in [-0.2, 0) is 16.6 Å². The second-order valence-corrected chi connectivity index (χ2v) is 5.20. The van der Waals surface area contributed by atoms with Crippen LogP contribution in [0.5, 0.6) is 0 Å². The summed E-state index contributed by atoms with van der Waals surface area (Å²) in [6.07, 6.45) is 3.56. The third-order valence-electron chi connectivity index (χ3n) is 2.34. The van der Waals surface area contributed by atoms with Crippen molar-refractivity contribution < 1.29 is 8.42 Å². The number of benzene rings is 1. The number of nitrogens with zero attached hydrogens (tertiary/aromatic N) is 1. The van der Waals surface area contributed by atoms with Gasteiger partial charge in [0.05, 0.1) is 0 Å². The van der Waals surface area contributed by atoms with E-state index in [0.717, 1.165) is 5.56 Å². The predicted molar refractivity (Wildman–Crippen MR) is 62.5 cm³/mol. The number of nitrogen functional groups attached to an aromatic ring is 1. The van der Waals surface area contributed by atoms with Crippen molar-refractivity contribution >= 4 is 15.9 Å². The molecule has 0 spiro atoms. The lowest BCUT2D eigenvalue weighted by Crippen LogP contribution is -2.30. The van der Waals surface area contributed by atoms with Gasteiger partial charge in [-0.1, -0.05) is 12.1 Å². The van der Waals surface area contributed by atoms with Gasteiger partial charge in [-0.2, -0.15) is 8.42 Å². The molecule has 1 aliphatic heterocycles. The largest absolute Gasteiger partial charge is 0.399 e. The highest BCUT2D eigenvalue weighted by Crippen LogP contribution is 2.11. The van der Waals surface area contributed by atoms with E-state index in [2.05, 4.69) is 4.72 Å². The molecule has 0 bridgehead atoms. The minimum atomic E-state index is -3.33. The van der Waals surface area contributed by atoms with Crippen LogP contribution in [0.4, 0.5) is 5.69 Å². The summed E-state index contributed by atoms with van der Waals surface area (Å²) >= 11 is 0. The molecule has 0 aliphatic carbocycles. The van der Waals surface area contributed by atoms with Gasteiger partial charge < -0.3 is 5.73 Å². The minimum absolute atomic E-state index is 0.412. The first-order chi connectivity index (χ1) is 7.58. The number of nitrogens with one attached hydrogen (secondary N) is 1. The van der Waals surface area contributed by atoms with E-state index in [-0.39, 0.29) is 0 Å². The zero-order valence-corrected chi connectivity index (χ0v) is 9.44. The van der Waals surface area contributed by atoms with Crippen molar-refractivity contribution in [1.29, 1.82) is 0 Å². The van der Waals surface area contributed by atoms with E-state index >= 15 is 0 Å². The van der Waals surface area contributed by atoms with Gasteiger partial charge in [-0.25, -0.2) is 0 Å². The number of hydrogen-bond donors (Lipinski definition) is 2. The van der Waals surface area contributed by atoms with E-state index in [1.807, 2.05) is 18.2 Å². The van der Waals surface area contributed by atoms with Crippen molar-refractivity contribution in [3.63, 3.8) is 0 Å². The van der Waals surface area contributed by atoms with Gasteiger partial charge in [0.25, 0.3) is 0 Å². The Hall–Kier alpha value is -1.69. The molecular formula is C10H13N3O2S. The molecule has 0 radical (unpaired) electrons. The second kappa shape index (κ2) is 4.05. The average molecular weight is 239 g/mol. The third kappa shape index (κ3) is 2.27. The molecule has 16 heavy (non-hydrogen) atoms. The Labute approximate surface area is 94.7 Å². The standard InChI is InChI=1S/C10H13N3O2S/c11-10-3-1-2-9(8-10)4-6-13-7-5-12-16(13,14)15/h1-3,5,7-8,12H,4,6,11H2. The van der Waals surface area contributed by atoms with Crippen molar-refractivity contribution in [2.75, 3.05) is 12.3 Å². The van der Waals surface area contributed by atoms with Crippen LogP contribution in [0.2, 0.25) is 0 Å². The van der Waals surface area contributed by atoms with E-state index < -0.39 is 10.2 Å². The first-order valence-electron chi connectivity index (χ1n) is 4.88. The smallest absolute Gasteiger partial charge is 0.323 e. The van der Waals surface area contributed by atoms with Crippen LogP contribution in [0.15, 0.2) is 36.7 Å². The first kappa shape index (κ1) is 10.8. The Morgan fingerprint density at radius 3 is 2.81 bits per heavy atom. The van der Waals surface area contributed by atoms with Crippen LogP contribution >= 0.6 is 0 Å². The van der Waals surface area contributed by atoms with Gasteiger partial charge in [-0.05, 0) is 24.1 Å². The van der Waals surface area contributed by atoms with Crippen LogP contribution in [0.25, 0.3) is 0 Å².